The maximum atomic E-state index is 12.5. The Labute approximate surface area is 145 Å². The number of amides is 2. The molecule has 4 rings (SSSR count). The molecule has 0 aromatic carbocycles. The summed E-state index contributed by atoms with van der Waals surface area (Å²) in [5, 5.41) is 23.6. The van der Waals surface area contributed by atoms with Crippen molar-refractivity contribution in [2.45, 2.75) is 51.7 Å². The number of aryl methyl sites for hydroxylation is 1. The number of urea groups is 1. The van der Waals surface area contributed by atoms with Crippen LogP contribution in [0.4, 0.5) is 4.79 Å². The van der Waals surface area contributed by atoms with Crippen molar-refractivity contribution in [2.24, 2.45) is 0 Å². The molecule has 3 heterocycles. The van der Waals surface area contributed by atoms with Crippen LogP contribution in [0.15, 0.2) is 6.07 Å². The minimum atomic E-state index is -0.101. The number of carbonyl (C=O) groups is 1. The zero-order valence-corrected chi connectivity index (χ0v) is 14.1. The summed E-state index contributed by atoms with van der Waals surface area (Å²) in [6, 6.07) is 3.69. The van der Waals surface area contributed by atoms with Gasteiger partial charge in [0.05, 0.1) is 31.0 Å². The van der Waals surface area contributed by atoms with E-state index in [9.17, 15) is 4.79 Å². The molecule has 0 saturated heterocycles. The van der Waals surface area contributed by atoms with Gasteiger partial charge in [-0.15, -0.1) is 0 Å². The van der Waals surface area contributed by atoms with Crippen LogP contribution in [0.3, 0.4) is 0 Å². The van der Waals surface area contributed by atoms with E-state index in [-0.39, 0.29) is 6.03 Å². The van der Waals surface area contributed by atoms with Crippen LogP contribution in [0.5, 0.6) is 0 Å². The zero-order chi connectivity index (χ0) is 17.2. The third-order valence-corrected chi connectivity index (χ3v) is 5.00. The highest BCUT2D eigenvalue weighted by atomic mass is 16.2. The van der Waals surface area contributed by atoms with Gasteiger partial charge in [-0.2, -0.15) is 15.5 Å². The Morgan fingerprint density at radius 1 is 1.32 bits per heavy atom. The quantitative estimate of drug-likeness (QED) is 0.809. The van der Waals surface area contributed by atoms with Crippen LogP contribution in [-0.4, -0.2) is 37.5 Å². The van der Waals surface area contributed by atoms with E-state index in [2.05, 4.69) is 20.6 Å². The van der Waals surface area contributed by atoms with E-state index in [1.54, 1.807) is 15.6 Å². The minimum Gasteiger partial charge on any atom is -0.332 e. The van der Waals surface area contributed by atoms with Crippen LogP contribution >= 0.6 is 0 Å². The first-order valence-corrected chi connectivity index (χ1v) is 8.79. The molecule has 0 bridgehead atoms. The third-order valence-electron chi connectivity index (χ3n) is 5.00. The zero-order valence-electron chi connectivity index (χ0n) is 14.1. The highest BCUT2D eigenvalue weighted by molar-refractivity contribution is 5.74. The van der Waals surface area contributed by atoms with Gasteiger partial charge in [0.15, 0.2) is 5.69 Å². The summed E-state index contributed by atoms with van der Waals surface area (Å²) in [5.74, 6) is 0. The van der Waals surface area contributed by atoms with Gasteiger partial charge < -0.3 is 10.2 Å². The minimum absolute atomic E-state index is 0.101. The summed E-state index contributed by atoms with van der Waals surface area (Å²) in [6.45, 7) is 2.12. The Hall–Kier alpha value is -2.82. The predicted octanol–water partition coefficient (Wildman–Crippen LogP) is 1.47. The highest BCUT2D eigenvalue weighted by Crippen LogP contribution is 2.21. The third kappa shape index (κ3) is 3.09. The molecule has 0 saturated carbocycles. The van der Waals surface area contributed by atoms with E-state index in [0.717, 1.165) is 24.2 Å². The molecule has 25 heavy (non-hydrogen) atoms. The lowest BCUT2D eigenvalue weighted by Gasteiger charge is -2.27. The topological polar surface area (TPSA) is 103 Å². The number of rotatable bonds is 2. The molecular formula is C17H21N7O. The fourth-order valence-corrected chi connectivity index (χ4v) is 3.64. The average molecular weight is 339 g/mol. The number of nitrogens with zero attached hydrogens (tertiary/aromatic N) is 5. The summed E-state index contributed by atoms with van der Waals surface area (Å²) in [7, 11) is 0. The maximum Gasteiger partial charge on any atom is 0.318 e. The molecule has 8 nitrogen and oxygen atoms in total. The van der Waals surface area contributed by atoms with Gasteiger partial charge in [0.1, 0.15) is 6.07 Å². The van der Waals surface area contributed by atoms with Gasteiger partial charge in [0.25, 0.3) is 0 Å². The molecule has 130 valence electrons. The fraction of sp³-hybridized carbons (Fsp3) is 0.529. The number of H-pyrrole nitrogens is 1. The molecular weight excluding hydrogens is 318 g/mol. The number of hydrogen-bond donors (Lipinski definition) is 2. The Balaban J connectivity index is 1.38. The molecule has 0 atom stereocenters. The van der Waals surface area contributed by atoms with Gasteiger partial charge in [-0.25, -0.2) is 4.79 Å². The van der Waals surface area contributed by atoms with Crippen molar-refractivity contribution in [1.82, 2.24) is 30.2 Å². The molecule has 2 aromatic rings. The lowest BCUT2D eigenvalue weighted by atomic mass is 10.1. The lowest BCUT2D eigenvalue weighted by Crippen LogP contribution is -2.44. The number of nitrogens with one attached hydrogen (secondary N) is 2. The van der Waals surface area contributed by atoms with Gasteiger partial charge in [-0.3, -0.25) is 9.78 Å². The number of aromatic nitrogens is 4. The van der Waals surface area contributed by atoms with Crippen LogP contribution in [0.2, 0.25) is 0 Å². The van der Waals surface area contributed by atoms with Crippen LogP contribution in [-0.2, 0) is 32.5 Å². The molecule has 0 unspecified atom stereocenters. The summed E-state index contributed by atoms with van der Waals surface area (Å²) in [4.78, 5) is 14.3. The smallest absolute Gasteiger partial charge is 0.318 e. The Morgan fingerprint density at radius 2 is 2.20 bits per heavy atom. The average Bonchev–Trinajstić information content (AvgIpc) is 3.15. The number of fused-ring (bicyclic) bond motifs is 2. The maximum absolute atomic E-state index is 12.5. The van der Waals surface area contributed by atoms with Crippen LogP contribution in [0.25, 0.3) is 0 Å². The van der Waals surface area contributed by atoms with Crippen molar-refractivity contribution in [3.05, 3.63) is 34.4 Å². The van der Waals surface area contributed by atoms with Gasteiger partial charge in [-0.1, -0.05) is 6.42 Å². The summed E-state index contributed by atoms with van der Waals surface area (Å²) in [6.07, 6.45) is 5.73. The second-order valence-corrected chi connectivity index (χ2v) is 6.62. The predicted molar refractivity (Wildman–Crippen MR) is 89.4 cm³/mol. The molecule has 2 aliphatic rings. The largest absolute Gasteiger partial charge is 0.332 e. The van der Waals surface area contributed by atoms with Gasteiger partial charge >= 0.3 is 6.03 Å². The summed E-state index contributed by atoms with van der Waals surface area (Å²) >= 11 is 0. The van der Waals surface area contributed by atoms with Crippen LogP contribution in [0.1, 0.15) is 47.6 Å². The SMILES string of the molecule is N#Cc1cc2n(n1)CCN(C(=O)NCc1n[nH]c3c1CCCCC3)C2. The second kappa shape index (κ2) is 6.59. The van der Waals surface area contributed by atoms with E-state index in [1.807, 2.05) is 6.07 Å². The number of nitriles is 1. The number of carbonyl (C=O) groups excluding carboxylic acids is 1. The Bertz CT molecular complexity index is 829. The van der Waals surface area contributed by atoms with Crippen molar-refractivity contribution in [1.29, 1.82) is 5.26 Å². The summed E-state index contributed by atoms with van der Waals surface area (Å²) < 4.78 is 1.80. The van der Waals surface area contributed by atoms with Crippen molar-refractivity contribution >= 4 is 6.03 Å². The molecule has 0 spiro atoms. The van der Waals surface area contributed by atoms with Crippen molar-refractivity contribution in [3.63, 3.8) is 0 Å². The summed E-state index contributed by atoms with van der Waals surface area (Å²) in [5.41, 5.74) is 4.77. The van der Waals surface area contributed by atoms with Crippen molar-refractivity contribution in [2.75, 3.05) is 6.54 Å². The molecule has 8 heteroatoms. The molecule has 1 aliphatic carbocycles. The molecule has 2 aromatic heterocycles. The Kier molecular flexibility index (Phi) is 4.14. The Morgan fingerprint density at radius 3 is 3.08 bits per heavy atom. The van der Waals surface area contributed by atoms with E-state index in [4.69, 9.17) is 5.26 Å². The normalized spacial score (nSPS) is 16.5. The molecule has 2 amide bonds. The standard InChI is InChI=1S/C17H21N7O/c18-9-12-8-13-11-23(6-7-24(13)22-12)17(25)19-10-16-14-4-2-1-3-5-15(14)20-21-16/h8H,1-7,10-11H2,(H,19,25)(H,20,21). The van der Waals surface area contributed by atoms with E-state index < -0.39 is 0 Å². The number of aromatic amines is 1. The second-order valence-electron chi connectivity index (χ2n) is 6.62. The van der Waals surface area contributed by atoms with Crippen molar-refractivity contribution < 1.29 is 4.79 Å². The highest BCUT2D eigenvalue weighted by Gasteiger charge is 2.23. The van der Waals surface area contributed by atoms with Crippen LogP contribution < -0.4 is 5.32 Å². The van der Waals surface area contributed by atoms with Gasteiger partial charge in [0, 0.05) is 12.2 Å². The van der Waals surface area contributed by atoms with E-state index >= 15 is 0 Å². The van der Waals surface area contributed by atoms with Gasteiger partial charge in [0.2, 0.25) is 0 Å². The molecule has 2 N–H and O–H groups in total. The molecule has 1 aliphatic heterocycles. The van der Waals surface area contributed by atoms with Crippen molar-refractivity contribution in [3.8, 4) is 6.07 Å². The first-order chi connectivity index (χ1) is 12.2. The monoisotopic (exact) mass is 339 g/mol. The fourth-order valence-electron chi connectivity index (χ4n) is 3.64. The lowest BCUT2D eigenvalue weighted by molar-refractivity contribution is 0.180. The first kappa shape index (κ1) is 15.7. The van der Waals surface area contributed by atoms with Crippen LogP contribution in [0, 0.1) is 11.3 Å². The molecule has 0 radical (unpaired) electrons. The number of hydrogen-bond acceptors (Lipinski definition) is 4. The first-order valence-electron chi connectivity index (χ1n) is 8.79. The molecule has 0 fully saturated rings. The van der Waals surface area contributed by atoms with E-state index in [1.165, 1.54) is 30.5 Å². The van der Waals surface area contributed by atoms with Gasteiger partial charge in [-0.05, 0) is 37.3 Å². The van der Waals surface area contributed by atoms with E-state index in [0.29, 0.717) is 31.9 Å².